The predicted molar refractivity (Wildman–Crippen MR) is 80.1 cm³/mol. The molecule has 0 saturated carbocycles. The van der Waals surface area contributed by atoms with Crippen LogP contribution in [0.3, 0.4) is 0 Å². The van der Waals surface area contributed by atoms with E-state index < -0.39 is 0 Å². The molecule has 0 saturated heterocycles. The molecule has 106 valence electrons. The molecule has 6 heteroatoms. The zero-order chi connectivity index (χ0) is 14.7. The van der Waals surface area contributed by atoms with Crippen LogP contribution < -0.4 is 15.8 Å². The maximum atomic E-state index is 12.2. The van der Waals surface area contributed by atoms with Gasteiger partial charge in [-0.25, -0.2) is 4.98 Å². The first kappa shape index (κ1) is 14.3. The molecule has 1 unspecified atom stereocenters. The largest absolute Gasteiger partial charge is 0.497 e. The van der Waals surface area contributed by atoms with E-state index in [1.165, 1.54) is 11.3 Å². The van der Waals surface area contributed by atoms with Crippen LogP contribution in [0.4, 0.5) is 5.13 Å². The number of amides is 1. The minimum absolute atomic E-state index is 0.125. The number of aromatic nitrogens is 1. The summed E-state index contributed by atoms with van der Waals surface area (Å²) >= 11 is 1.20. The highest BCUT2D eigenvalue weighted by Gasteiger charge is 2.17. The predicted octanol–water partition coefficient (Wildman–Crippen LogP) is 2.53. The summed E-state index contributed by atoms with van der Waals surface area (Å²) in [5, 5.41) is 3.34. The number of hydrogen-bond acceptors (Lipinski definition) is 5. The summed E-state index contributed by atoms with van der Waals surface area (Å²) < 4.78 is 5.18. The molecule has 0 aliphatic carbocycles. The standard InChI is InChI=1S/C14H17N3O2S/c1-8(10-5-4-6-11(7-10)19-3)16-13(18)12-9(2)17-14(15)20-12/h4-8H,1-3H3,(H2,15,17)(H,16,18). The first-order chi connectivity index (χ1) is 9.51. The van der Waals surface area contributed by atoms with Crippen LogP contribution in [0.5, 0.6) is 5.75 Å². The van der Waals surface area contributed by atoms with Crippen molar-refractivity contribution in [2.45, 2.75) is 19.9 Å². The molecule has 1 heterocycles. The number of methoxy groups -OCH3 is 1. The summed E-state index contributed by atoms with van der Waals surface area (Å²) in [6.07, 6.45) is 0. The molecule has 20 heavy (non-hydrogen) atoms. The third kappa shape index (κ3) is 3.08. The highest BCUT2D eigenvalue weighted by atomic mass is 32.1. The van der Waals surface area contributed by atoms with E-state index in [4.69, 9.17) is 10.5 Å². The van der Waals surface area contributed by atoms with Gasteiger partial charge in [-0.05, 0) is 31.5 Å². The molecule has 1 amide bonds. The van der Waals surface area contributed by atoms with Crippen molar-refractivity contribution in [2.75, 3.05) is 12.8 Å². The monoisotopic (exact) mass is 291 g/mol. The quantitative estimate of drug-likeness (QED) is 0.907. The number of carbonyl (C=O) groups is 1. The second kappa shape index (κ2) is 5.92. The van der Waals surface area contributed by atoms with E-state index in [-0.39, 0.29) is 11.9 Å². The van der Waals surface area contributed by atoms with E-state index in [2.05, 4.69) is 10.3 Å². The van der Waals surface area contributed by atoms with Gasteiger partial charge in [0.1, 0.15) is 10.6 Å². The SMILES string of the molecule is COc1cccc(C(C)NC(=O)c2sc(N)nc2C)c1. The van der Waals surface area contributed by atoms with E-state index in [0.29, 0.717) is 15.7 Å². The molecule has 2 aromatic rings. The number of nitrogens with one attached hydrogen (secondary N) is 1. The molecule has 5 nitrogen and oxygen atoms in total. The molecule has 0 aliphatic rings. The Kier molecular flexibility index (Phi) is 4.24. The van der Waals surface area contributed by atoms with Gasteiger partial charge in [0.15, 0.2) is 5.13 Å². The van der Waals surface area contributed by atoms with Crippen LogP contribution in [-0.4, -0.2) is 18.0 Å². The number of nitrogens with zero attached hydrogens (tertiary/aromatic N) is 1. The van der Waals surface area contributed by atoms with E-state index in [0.717, 1.165) is 11.3 Å². The molecular weight excluding hydrogens is 274 g/mol. The Hall–Kier alpha value is -2.08. The highest BCUT2D eigenvalue weighted by Crippen LogP contribution is 2.22. The van der Waals surface area contributed by atoms with Crippen LogP contribution >= 0.6 is 11.3 Å². The van der Waals surface area contributed by atoms with E-state index in [1.54, 1.807) is 14.0 Å². The normalized spacial score (nSPS) is 11.9. The van der Waals surface area contributed by atoms with Gasteiger partial charge in [0.2, 0.25) is 0 Å². The van der Waals surface area contributed by atoms with Crippen molar-refractivity contribution in [1.29, 1.82) is 0 Å². The number of nitrogens with two attached hydrogens (primary N) is 1. The molecule has 1 aromatic heterocycles. The summed E-state index contributed by atoms with van der Waals surface area (Å²) in [7, 11) is 1.62. The smallest absolute Gasteiger partial charge is 0.263 e. The Morgan fingerprint density at radius 1 is 1.50 bits per heavy atom. The maximum absolute atomic E-state index is 12.2. The molecule has 0 radical (unpaired) electrons. The Balaban J connectivity index is 2.12. The Morgan fingerprint density at radius 3 is 2.85 bits per heavy atom. The summed E-state index contributed by atoms with van der Waals surface area (Å²) in [4.78, 5) is 16.8. The molecule has 2 rings (SSSR count). The van der Waals surface area contributed by atoms with Crippen LogP contribution in [0.2, 0.25) is 0 Å². The first-order valence-electron chi connectivity index (χ1n) is 6.19. The second-order valence-corrected chi connectivity index (χ2v) is 5.47. The van der Waals surface area contributed by atoms with Crippen molar-refractivity contribution in [3.8, 4) is 5.75 Å². The number of carbonyl (C=O) groups excluding carboxylic acids is 1. The van der Waals surface area contributed by atoms with Crippen LogP contribution in [0.25, 0.3) is 0 Å². The summed E-state index contributed by atoms with van der Waals surface area (Å²) in [5.74, 6) is 0.605. The van der Waals surface area contributed by atoms with Crippen LogP contribution in [0.1, 0.15) is 33.9 Å². The van der Waals surface area contributed by atoms with Crippen molar-refractivity contribution >= 4 is 22.4 Å². The number of ether oxygens (including phenoxy) is 1. The third-order valence-corrected chi connectivity index (χ3v) is 3.95. The molecule has 1 atom stereocenters. The number of nitrogen functional groups attached to an aromatic ring is 1. The minimum atomic E-state index is -0.160. The van der Waals surface area contributed by atoms with Crippen LogP contribution in [0.15, 0.2) is 24.3 Å². The minimum Gasteiger partial charge on any atom is -0.497 e. The average Bonchev–Trinajstić information content (AvgIpc) is 2.77. The molecular formula is C14H17N3O2S. The van der Waals surface area contributed by atoms with Crippen molar-refractivity contribution in [3.63, 3.8) is 0 Å². The number of rotatable bonds is 4. The summed E-state index contributed by atoms with van der Waals surface area (Å²) in [5.41, 5.74) is 7.24. The summed E-state index contributed by atoms with van der Waals surface area (Å²) in [6.45, 7) is 3.70. The number of benzene rings is 1. The molecule has 0 spiro atoms. The van der Waals surface area contributed by atoms with Gasteiger partial charge in [0.25, 0.3) is 5.91 Å². The van der Waals surface area contributed by atoms with Crippen molar-refractivity contribution in [1.82, 2.24) is 10.3 Å². The summed E-state index contributed by atoms with van der Waals surface area (Å²) in [6, 6.07) is 7.49. The fourth-order valence-corrected chi connectivity index (χ4v) is 2.62. The van der Waals surface area contributed by atoms with Gasteiger partial charge in [-0.3, -0.25) is 4.79 Å². The van der Waals surface area contributed by atoms with E-state index >= 15 is 0 Å². The van der Waals surface area contributed by atoms with E-state index in [1.807, 2.05) is 31.2 Å². The van der Waals surface area contributed by atoms with Gasteiger partial charge in [-0.2, -0.15) is 0 Å². The molecule has 3 N–H and O–H groups in total. The zero-order valence-electron chi connectivity index (χ0n) is 11.6. The number of aryl methyl sites for hydroxylation is 1. The van der Waals surface area contributed by atoms with Crippen LogP contribution in [-0.2, 0) is 0 Å². The Morgan fingerprint density at radius 2 is 2.25 bits per heavy atom. The van der Waals surface area contributed by atoms with Crippen molar-refractivity contribution in [2.24, 2.45) is 0 Å². The van der Waals surface area contributed by atoms with Gasteiger partial charge >= 0.3 is 0 Å². The fraction of sp³-hybridized carbons (Fsp3) is 0.286. The maximum Gasteiger partial charge on any atom is 0.263 e. The van der Waals surface area contributed by atoms with Gasteiger partial charge in [0.05, 0.1) is 18.8 Å². The van der Waals surface area contributed by atoms with Gasteiger partial charge in [0, 0.05) is 0 Å². The Bertz CT molecular complexity index is 625. The molecule has 0 fully saturated rings. The lowest BCUT2D eigenvalue weighted by Crippen LogP contribution is -2.26. The number of anilines is 1. The van der Waals surface area contributed by atoms with Gasteiger partial charge in [-0.1, -0.05) is 23.5 Å². The highest BCUT2D eigenvalue weighted by molar-refractivity contribution is 7.17. The topological polar surface area (TPSA) is 77.2 Å². The first-order valence-corrected chi connectivity index (χ1v) is 7.00. The van der Waals surface area contributed by atoms with Crippen LogP contribution in [0, 0.1) is 6.92 Å². The van der Waals surface area contributed by atoms with Crippen molar-refractivity contribution < 1.29 is 9.53 Å². The molecule has 0 bridgehead atoms. The Labute approximate surface area is 121 Å². The number of thiazole rings is 1. The lowest BCUT2D eigenvalue weighted by Gasteiger charge is -2.14. The van der Waals surface area contributed by atoms with Gasteiger partial charge < -0.3 is 15.8 Å². The fourth-order valence-electron chi connectivity index (χ4n) is 1.88. The molecule has 1 aromatic carbocycles. The lowest BCUT2D eigenvalue weighted by atomic mass is 10.1. The van der Waals surface area contributed by atoms with E-state index in [9.17, 15) is 4.79 Å². The van der Waals surface area contributed by atoms with Crippen molar-refractivity contribution in [3.05, 3.63) is 40.4 Å². The van der Waals surface area contributed by atoms with Gasteiger partial charge in [-0.15, -0.1) is 0 Å². The number of hydrogen-bond donors (Lipinski definition) is 2. The zero-order valence-corrected chi connectivity index (χ0v) is 12.5. The second-order valence-electron chi connectivity index (χ2n) is 4.44. The lowest BCUT2D eigenvalue weighted by molar-refractivity contribution is 0.0943. The third-order valence-electron chi connectivity index (χ3n) is 2.96. The average molecular weight is 291 g/mol. The molecule has 0 aliphatic heterocycles.